The number of rotatable bonds is 12. The molecule has 0 amide bonds. The Hall–Kier alpha value is -1.51. The molecule has 0 aliphatic heterocycles. The van der Waals surface area contributed by atoms with Crippen LogP contribution in [0.2, 0.25) is 0 Å². The molecule has 3 heteroatoms. The molecule has 0 bridgehead atoms. The Morgan fingerprint density at radius 1 is 0.913 bits per heavy atom. The van der Waals surface area contributed by atoms with Crippen LogP contribution in [0.15, 0.2) is 18.2 Å². The second-order valence-electron chi connectivity index (χ2n) is 6.24. The minimum Gasteiger partial charge on any atom is -0.449 e. The summed E-state index contributed by atoms with van der Waals surface area (Å²) in [4.78, 5) is 10.9. The van der Waals surface area contributed by atoms with E-state index in [1.165, 1.54) is 50.5 Å². The minimum absolute atomic E-state index is 0.520. The number of benzene rings is 1. The van der Waals surface area contributed by atoms with E-state index in [-0.39, 0.29) is 0 Å². The van der Waals surface area contributed by atoms with Gasteiger partial charge < -0.3 is 9.84 Å². The first-order valence-electron chi connectivity index (χ1n) is 9.20. The number of carboxylic acid groups (broad SMARTS) is 1. The topological polar surface area (TPSA) is 46.5 Å². The normalized spacial score (nSPS) is 10.7. The van der Waals surface area contributed by atoms with Crippen LogP contribution in [0.5, 0.6) is 5.75 Å². The molecule has 1 aromatic rings. The molecule has 0 saturated carbocycles. The molecule has 0 saturated heterocycles. The largest absolute Gasteiger partial charge is 0.511 e. The van der Waals surface area contributed by atoms with Gasteiger partial charge in [0.1, 0.15) is 5.75 Å². The van der Waals surface area contributed by atoms with Gasteiger partial charge in [-0.05, 0) is 36.5 Å². The molecule has 0 atom stereocenters. The molecule has 0 heterocycles. The molecule has 0 fully saturated rings. The van der Waals surface area contributed by atoms with Crippen molar-refractivity contribution in [3.8, 4) is 5.75 Å². The number of ether oxygens (including phenoxy) is 1. The molecule has 0 radical (unpaired) electrons. The third-order valence-corrected chi connectivity index (χ3v) is 4.23. The van der Waals surface area contributed by atoms with Gasteiger partial charge >= 0.3 is 6.16 Å². The molecule has 0 aliphatic carbocycles. The van der Waals surface area contributed by atoms with Crippen molar-refractivity contribution in [2.24, 2.45) is 0 Å². The highest BCUT2D eigenvalue weighted by molar-refractivity contribution is 5.62. The van der Waals surface area contributed by atoms with Gasteiger partial charge in [0.15, 0.2) is 0 Å². The summed E-state index contributed by atoms with van der Waals surface area (Å²) in [6.07, 6.45) is 11.9. The Morgan fingerprint density at radius 2 is 1.57 bits per heavy atom. The summed E-state index contributed by atoms with van der Waals surface area (Å²) >= 11 is 0. The third-order valence-electron chi connectivity index (χ3n) is 4.23. The molecule has 1 rings (SSSR count). The SMILES string of the molecule is CCCCCCCCCCc1c(CCC)cccc1OC(=O)O. The van der Waals surface area contributed by atoms with Crippen LogP contribution in [0.1, 0.15) is 82.8 Å². The van der Waals surface area contributed by atoms with E-state index in [0.29, 0.717) is 5.75 Å². The van der Waals surface area contributed by atoms with Crippen molar-refractivity contribution in [2.75, 3.05) is 0 Å². The molecule has 1 N–H and O–H groups in total. The first-order chi connectivity index (χ1) is 11.2. The standard InChI is InChI=1S/C20H32O3/c1-3-5-6-7-8-9-10-11-15-18-17(13-4-2)14-12-16-19(18)23-20(21)22/h12,14,16H,3-11,13,15H2,1-2H3,(H,21,22). The summed E-state index contributed by atoms with van der Waals surface area (Å²) in [6, 6.07) is 5.76. The maximum absolute atomic E-state index is 10.9. The lowest BCUT2D eigenvalue weighted by molar-refractivity contribution is 0.144. The van der Waals surface area contributed by atoms with Gasteiger partial charge in [-0.1, -0.05) is 77.3 Å². The van der Waals surface area contributed by atoms with Crippen LogP contribution in [0.3, 0.4) is 0 Å². The molecule has 130 valence electrons. The average molecular weight is 320 g/mol. The van der Waals surface area contributed by atoms with E-state index >= 15 is 0 Å². The lowest BCUT2D eigenvalue weighted by Gasteiger charge is -2.13. The molecule has 0 unspecified atom stereocenters. The van der Waals surface area contributed by atoms with Crippen molar-refractivity contribution in [3.63, 3.8) is 0 Å². The van der Waals surface area contributed by atoms with E-state index in [1.807, 2.05) is 6.07 Å². The highest BCUT2D eigenvalue weighted by Crippen LogP contribution is 2.26. The lowest BCUT2D eigenvalue weighted by Crippen LogP contribution is -2.07. The highest BCUT2D eigenvalue weighted by atomic mass is 16.7. The number of hydrogen-bond acceptors (Lipinski definition) is 2. The number of aryl methyl sites for hydroxylation is 1. The molecule has 0 spiro atoms. The Morgan fingerprint density at radius 3 is 2.17 bits per heavy atom. The summed E-state index contributed by atoms with van der Waals surface area (Å²) in [5.74, 6) is 0.520. The van der Waals surface area contributed by atoms with E-state index in [4.69, 9.17) is 9.84 Å². The minimum atomic E-state index is -1.23. The predicted octanol–water partition coefficient (Wildman–Crippen LogP) is 6.38. The van der Waals surface area contributed by atoms with Crippen molar-refractivity contribution in [3.05, 3.63) is 29.3 Å². The van der Waals surface area contributed by atoms with Gasteiger partial charge in [-0.2, -0.15) is 0 Å². The monoisotopic (exact) mass is 320 g/mol. The predicted molar refractivity (Wildman–Crippen MR) is 95.4 cm³/mol. The van der Waals surface area contributed by atoms with Crippen LogP contribution in [0, 0.1) is 0 Å². The second-order valence-corrected chi connectivity index (χ2v) is 6.24. The van der Waals surface area contributed by atoms with E-state index in [2.05, 4.69) is 19.9 Å². The molecule has 0 aliphatic rings. The highest BCUT2D eigenvalue weighted by Gasteiger charge is 2.11. The van der Waals surface area contributed by atoms with Crippen LogP contribution in [0.4, 0.5) is 4.79 Å². The fourth-order valence-corrected chi connectivity index (χ4v) is 3.02. The first-order valence-corrected chi connectivity index (χ1v) is 9.20. The van der Waals surface area contributed by atoms with E-state index < -0.39 is 6.16 Å². The van der Waals surface area contributed by atoms with Crippen molar-refractivity contribution in [2.45, 2.75) is 84.5 Å². The van der Waals surface area contributed by atoms with E-state index in [1.54, 1.807) is 6.07 Å². The zero-order valence-corrected chi connectivity index (χ0v) is 14.8. The fraction of sp³-hybridized carbons (Fsp3) is 0.650. The summed E-state index contributed by atoms with van der Waals surface area (Å²) in [7, 11) is 0. The van der Waals surface area contributed by atoms with Crippen LogP contribution >= 0.6 is 0 Å². The smallest absolute Gasteiger partial charge is 0.449 e. The quantitative estimate of drug-likeness (QED) is 0.276. The van der Waals surface area contributed by atoms with Crippen LogP contribution in [0.25, 0.3) is 0 Å². The number of unbranched alkanes of at least 4 members (excludes halogenated alkanes) is 7. The average Bonchev–Trinajstić information content (AvgIpc) is 2.51. The molecular weight excluding hydrogens is 288 g/mol. The molecular formula is C20H32O3. The summed E-state index contributed by atoms with van der Waals surface area (Å²) < 4.78 is 4.97. The summed E-state index contributed by atoms with van der Waals surface area (Å²) in [5, 5.41) is 8.90. The van der Waals surface area contributed by atoms with Gasteiger partial charge in [0, 0.05) is 0 Å². The van der Waals surface area contributed by atoms with Crippen molar-refractivity contribution in [1.82, 2.24) is 0 Å². The maximum Gasteiger partial charge on any atom is 0.511 e. The van der Waals surface area contributed by atoms with E-state index in [9.17, 15) is 4.79 Å². The number of carbonyl (C=O) groups is 1. The third kappa shape index (κ3) is 8.06. The Bertz CT molecular complexity index is 454. The first kappa shape index (κ1) is 19.5. The van der Waals surface area contributed by atoms with Gasteiger partial charge in [0.25, 0.3) is 0 Å². The van der Waals surface area contributed by atoms with Crippen molar-refractivity contribution in [1.29, 1.82) is 0 Å². The van der Waals surface area contributed by atoms with Gasteiger partial charge in [-0.3, -0.25) is 0 Å². The van der Waals surface area contributed by atoms with Gasteiger partial charge in [0.2, 0.25) is 0 Å². The summed E-state index contributed by atoms with van der Waals surface area (Å²) in [5.41, 5.74) is 2.32. The van der Waals surface area contributed by atoms with Crippen molar-refractivity contribution >= 4 is 6.16 Å². The second kappa shape index (κ2) is 12.0. The maximum atomic E-state index is 10.9. The van der Waals surface area contributed by atoms with E-state index in [0.717, 1.165) is 31.2 Å². The lowest BCUT2D eigenvalue weighted by atomic mass is 9.96. The Labute approximate surface area is 141 Å². The van der Waals surface area contributed by atoms with Crippen LogP contribution in [-0.4, -0.2) is 11.3 Å². The van der Waals surface area contributed by atoms with Gasteiger partial charge in [-0.25, -0.2) is 4.79 Å². The zero-order chi connectivity index (χ0) is 16.9. The fourth-order valence-electron chi connectivity index (χ4n) is 3.02. The Kier molecular flexibility index (Phi) is 10.2. The van der Waals surface area contributed by atoms with Gasteiger partial charge in [0.05, 0.1) is 0 Å². The van der Waals surface area contributed by atoms with Crippen molar-refractivity contribution < 1.29 is 14.6 Å². The Balaban J connectivity index is 2.48. The van der Waals surface area contributed by atoms with Gasteiger partial charge in [-0.15, -0.1) is 0 Å². The molecule has 23 heavy (non-hydrogen) atoms. The summed E-state index contributed by atoms with van der Waals surface area (Å²) in [6.45, 7) is 4.38. The van der Waals surface area contributed by atoms with Crippen LogP contribution < -0.4 is 4.74 Å². The molecule has 0 aromatic heterocycles. The van der Waals surface area contributed by atoms with Crippen LogP contribution in [-0.2, 0) is 12.8 Å². The number of hydrogen-bond donors (Lipinski definition) is 1. The molecule has 3 nitrogen and oxygen atoms in total. The molecule has 1 aromatic carbocycles. The zero-order valence-electron chi connectivity index (χ0n) is 14.8.